The zero-order valence-corrected chi connectivity index (χ0v) is 12.2. The summed E-state index contributed by atoms with van der Waals surface area (Å²) in [5, 5.41) is 4.12. The van der Waals surface area contributed by atoms with E-state index in [2.05, 4.69) is 14.7 Å². The number of benzene rings is 1. The first-order valence-electron chi connectivity index (χ1n) is 5.92. The van der Waals surface area contributed by atoms with E-state index >= 15 is 0 Å². The average Bonchev–Trinajstić information content (AvgIpc) is 2.83. The molecule has 0 unspecified atom stereocenters. The van der Waals surface area contributed by atoms with E-state index in [4.69, 9.17) is 9.47 Å². The van der Waals surface area contributed by atoms with Gasteiger partial charge in [-0.1, -0.05) is 0 Å². The third kappa shape index (κ3) is 3.14. The van der Waals surface area contributed by atoms with Crippen molar-refractivity contribution >= 4 is 16.7 Å². The van der Waals surface area contributed by atoms with E-state index in [0.29, 0.717) is 0 Å². The van der Waals surface area contributed by atoms with E-state index in [0.717, 1.165) is 28.0 Å². The van der Waals surface area contributed by atoms with E-state index in [1.807, 2.05) is 32.0 Å². The molecule has 0 fully saturated rings. The fourth-order valence-corrected chi connectivity index (χ4v) is 2.46. The van der Waals surface area contributed by atoms with E-state index in [1.165, 1.54) is 11.5 Å². The summed E-state index contributed by atoms with van der Waals surface area (Å²) in [4.78, 5) is 4.30. The van der Waals surface area contributed by atoms with E-state index in [9.17, 15) is 0 Å². The van der Waals surface area contributed by atoms with Crippen molar-refractivity contribution in [1.82, 2.24) is 9.36 Å². The van der Waals surface area contributed by atoms with Crippen LogP contribution in [0.2, 0.25) is 0 Å². The molecule has 0 spiro atoms. The van der Waals surface area contributed by atoms with Crippen molar-refractivity contribution in [1.29, 1.82) is 0 Å². The number of rotatable bonds is 5. The summed E-state index contributed by atoms with van der Waals surface area (Å²) in [6, 6.07) is 5.80. The third-order valence-corrected chi connectivity index (χ3v) is 3.51. The molecule has 0 saturated heterocycles. The first kappa shape index (κ1) is 13.6. The molecule has 0 bridgehead atoms. The van der Waals surface area contributed by atoms with Crippen LogP contribution in [-0.4, -0.2) is 23.6 Å². The second kappa shape index (κ2) is 5.88. The highest BCUT2D eigenvalue weighted by Gasteiger charge is 2.14. The Morgan fingerprint density at radius 1 is 1.26 bits per heavy atom. The van der Waals surface area contributed by atoms with Gasteiger partial charge in [0.05, 0.1) is 20.3 Å². The highest BCUT2D eigenvalue weighted by molar-refractivity contribution is 7.09. The summed E-state index contributed by atoms with van der Waals surface area (Å²) in [7, 11) is 3.31. The van der Waals surface area contributed by atoms with Gasteiger partial charge < -0.3 is 14.8 Å². The van der Waals surface area contributed by atoms with Gasteiger partial charge in [0.15, 0.2) is 0 Å². The number of anilines is 1. The molecule has 102 valence electrons. The second-order valence-corrected chi connectivity index (χ2v) is 4.87. The van der Waals surface area contributed by atoms with Gasteiger partial charge >= 0.3 is 0 Å². The van der Waals surface area contributed by atoms with Crippen molar-refractivity contribution in [3.05, 3.63) is 29.6 Å². The summed E-state index contributed by atoms with van der Waals surface area (Å²) in [6.45, 7) is 3.92. The van der Waals surface area contributed by atoms with Gasteiger partial charge in [-0.2, -0.15) is 4.37 Å². The molecule has 6 heteroatoms. The van der Waals surface area contributed by atoms with Crippen LogP contribution < -0.4 is 14.8 Å². The zero-order valence-electron chi connectivity index (χ0n) is 11.4. The zero-order chi connectivity index (χ0) is 13.8. The number of nitrogens with one attached hydrogen (secondary N) is 1. The maximum absolute atomic E-state index is 5.38. The molecule has 5 nitrogen and oxygen atoms in total. The average molecular weight is 279 g/mol. The molecule has 0 saturated carbocycles. The normalized spacial score (nSPS) is 12.0. The van der Waals surface area contributed by atoms with Crippen molar-refractivity contribution in [3.63, 3.8) is 0 Å². The molecule has 1 N–H and O–H groups in total. The van der Waals surface area contributed by atoms with Gasteiger partial charge in [-0.05, 0) is 32.0 Å². The van der Waals surface area contributed by atoms with Crippen LogP contribution in [0.1, 0.15) is 24.4 Å². The standard InChI is InChI=1S/C13H17N3O2S/c1-8(14-13-15-9(2)16-19-13)11-7-10(17-3)5-6-12(11)18-4/h5-8H,1-4H3,(H,14,15,16)/t8-/m0/s1. The maximum Gasteiger partial charge on any atom is 0.203 e. The molecule has 0 aliphatic heterocycles. The molecule has 2 aromatic rings. The Kier molecular flexibility index (Phi) is 4.21. The number of methoxy groups -OCH3 is 2. The first-order chi connectivity index (χ1) is 9.13. The van der Waals surface area contributed by atoms with Gasteiger partial charge in [0.1, 0.15) is 17.3 Å². The Labute approximate surface area is 116 Å². The highest BCUT2D eigenvalue weighted by Crippen LogP contribution is 2.31. The van der Waals surface area contributed by atoms with Crippen molar-refractivity contribution in [2.45, 2.75) is 19.9 Å². The molecule has 1 aromatic heterocycles. The fraction of sp³-hybridized carbons (Fsp3) is 0.385. The van der Waals surface area contributed by atoms with Gasteiger partial charge in [-0.15, -0.1) is 0 Å². The molecule has 1 heterocycles. The molecular weight excluding hydrogens is 262 g/mol. The Bertz CT molecular complexity index is 557. The molecule has 1 atom stereocenters. The Hall–Kier alpha value is -1.82. The predicted molar refractivity (Wildman–Crippen MR) is 76.2 cm³/mol. The van der Waals surface area contributed by atoms with Gasteiger partial charge in [-0.25, -0.2) is 4.98 Å². The Balaban J connectivity index is 2.23. The first-order valence-corrected chi connectivity index (χ1v) is 6.70. The molecule has 0 amide bonds. The quantitative estimate of drug-likeness (QED) is 0.911. The smallest absolute Gasteiger partial charge is 0.203 e. The highest BCUT2D eigenvalue weighted by atomic mass is 32.1. The fourth-order valence-electron chi connectivity index (χ4n) is 1.80. The van der Waals surface area contributed by atoms with Gasteiger partial charge in [0, 0.05) is 17.1 Å². The Morgan fingerprint density at radius 2 is 2.05 bits per heavy atom. The minimum absolute atomic E-state index is 0.0531. The van der Waals surface area contributed by atoms with Crippen molar-refractivity contribution in [2.75, 3.05) is 19.5 Å². The molecule has 2 rings (SSSR count). The van der Waals surface area contributed by atoms with Crippen molar-refractivity contribution in [2.24, 2.45) is 0 Å². The lowest BCUT2D eigenvalue weighted by Gasteiger charge is -2.17. The number of hydrogen-bond acceptors (Lipinski definition) is 6. The van der Waals surface area contributed by atoms with Crippen LogP contribution in [0.5, 0.6) is 11.5 Å². The largest absolute Gasteiger partial charge is 0.497 e. The van der Waals surface area contributed by atoms with E-state index < -0.39 is 0 Å². The minimum Gasteiger partial charge on any atom is -0.497 e. The maximum atomic E-state index is 5.38. The molecule has 0 radical (unpaired) electrons. The van der Waals surface area contributed by atoms with Gasteiger partial charge in [0.2, 0.25) is 5.13 Å². The van der Waals surface area contributed by atoms with Crippen LogP contribution in [0.3, 0.4) is 0 Å². The molecule has 0 aliphatic rings. The van der Waals surface area contributed by atoms with Crippen LogP contribution >= 0.6 is 11.5 Å². The van der Waals surface area contributed by atoms with Gasteiger partial charge in [-0.3, -0.25) is 0 Å². The van der Waals surface area contributed by atoms with Crippen LogP contribution in [0.25, 0.3) is 0 Å². The van der Waals surface area contributed by atoms with E-state index in [1.54, 1.807) is 14.2 Å². The summed E-state index contributed by atoms with van der Waals surface area (Å²) in [5.41, 5.74) is 1.02. The predicted octanol–water partition coefficient (Wildman–Crippen LogP) is 3.04. The van der Waals surface area contributed by atoms with Gasteiger partial charge in [0.25, 0.3) is 0 Å². The molecule has 0 aliphatic carbocycles. The van der Waals surface area contributed by atoms with E-state index in [-0.39, 0.29) is 6.04 Å². The number of hydrogen-bond donors (Lipinski definition) is 1. The number of aryl methyl sites for hydroxylation is 1. The second-order valence-electron chi connectivity index (χ2n) is 4.12. The summed E-state index contributed by atoms with van der Waals surface area (Å²) in [5.74, 6) is 2.40. The van der Waals surface area contributed by atoms with Crippen LogP contribution in [-0.2, 0) is 0 Å². The molecular formula is C13H17N3O2S. The number of nitrogens with zero attached hydrogens (tertiary/aromatic N) is 2. The lowest BCUT2D eigenvalue weighted by atomic mass is 10.1. The molecule has 19 heavy (non-hydrogen) atoms. The van der Waals surface area contributed by atoms with Crippen LogP contribution in [0, 0.1) is 6.92 Å². The summed E-state index contributed by atoms with van der Waals surface area (Å²) >= 11 is 1.35. The van der Waals surface area contributed by atoms with Crippen molar-refractivity contribution < 1.29 is 9.47 Å². The lowest BCUT2D eigenvalue weighted by molar-refractivity contribution is 0.397. The topological polar surface area (TPSA) is 56.3 Å². The third-order valence-electron chi connectivity index (χ3n) is 2.77. The SMILES string of the molecule is COc1ccc(OC)c([C@H](C)Nc2nc(C)ns2)c1. The van der Waals surface area contributed by atoms with Crippen LogP contribution in [0.15, 0.2) is 18.2 Å². The number of aromatic nitrogens is 2. The summed E-state index contributed by atoms with van der Waals surface area (Å²) in [6.07, 6.45) is 0. The lowest BCUT2D eigenvalue weighted by Crippen LogP contribution is -2.08. The Morgan fingerprint density at radius 3 is 2.63 bits per heavy atom. The van der Waals surface area contributed by atoms with Crippen molar-refractivity contribution in [3.8, 4) is 11.5 Å². The monoisotopic (exact) mass is 279 g/mol. The molecule has 1 aromatic carbocycles. The number of ether oxygens (including phenoxy) is 2. The minimum atomic E-state index is 0.0531. The van der Waals surface area contributed by atoms with Crippen LogP contribution in [0.4, 0.5) is 5.13 Å². The summed E-state index contributed by atoms with van der Waals surface area (Å²) < 4.78 is 14.8.